The van der Waals surface area contributed by atoms with Crippen molar-refractivity contribution in [2.24, 2.45) is 0 Å². The average Bonchev–Trinajstić information content (AvgIpc) is 3.50. The number of carbonyl (C=O) groups excluding carboxylic acids is 1. The lowest BCUT2D eigenvalue weighted by molar-refractivity contribution is 0.0601. The minimum atomic E-state index is -0.375. The lowest BCUT2D eigenvalue weighted by atomic mass is 9.99. The quantitative estimate of drug-likeness (QED) is 0.845. The minimum Gasteiger partial charge on any atom is -0.489 e. The normalized spacial score (nSPS) is 15.6. The lowest BCUT2D eigenvalue weighted by Crippen LogP contribution is -2.14. The summed E-state index contributed by atoms with van der Waals surface area (Å²) in [6, 6.07) is 8.16. The number of benzene rings is 1. The van der Waals surface area contributed by atoms with Gasteiger partial charge in [-0.05, 0) is 48.1 Å². The Balaban J connectivity index is 1.53. The molecule has 0 unspecified atom stereocenters. The number of rotatable bonds is 5. The number of pyridine rings is 1. The highest BCUT2D eigenvalue weighted by atomic mass is 16.5. The summed E-state index contributed by atoms with van der Waals surface area (Å²) in [6.07, 6.45) is 7.85. The van der Waals surface area contributed by atoms with Crippen molar-refractivity contribution in [2.75, 3.05) is 25.6 Å². The maximum Gasteiger partial charge on any atom is 0.340 e. The number of nitrogens with one attached hydrogen (secondary N) is 1. The molecule has 1 aliphatic heterocycles. The third-order valence-electron chi connectivity index (χ3n) is 4.66. The molecule has 0 bridgehead atoms. The first kappa shape index (κ1) is 15.7. The van der Waals surface area contributed by atoms with Crippen LogP contribution < -0.4 is 10.1 Å². The molecule has 1 aromatic heterocycles. The summed E-state index contributed by atoms with van der Waals surface area (Å²) >= 11 is 0. The van der Waals surface area contributed by atoms with E-state index in [4.69, 9.17) is 9.47 Å². The summed E-state index contributed by atoms with van der Waals surface area (Å²) in [6.45, 7) is 1.16. The second kappa shape index (κ2) is 6.59. The Labute approximate surface area is 146 Å². The second-order valence-corrected chi connectivity index (χ2v) is 6.34. The van der Waals surface area contributed by atoms with Crippen molar-refractivity contribution in [3.63, 3.8) is 0 Å². The van der Waals surface area contributed by atoms with E-state index in [1.807, 2.05) is 0 Å². The van der Waals surface area contributed by atoms with Gasteiger partial charge in [-0.1, -0.05) is 12.1 Å². The summed E-state index contributed by atoms with van der Waals surface area (Å²) in [4.78, 5) is 16.0. The molecule has 2 aliphatic rings. The molecule has 1 N–H and O–H groups in total. The van der Waals surface area contributed by atoms with Crippen LogP contribution in [0.25, 0.3) is 5.57 Å². The van der Waals surface area contributed by atoms with E-state index < -0.39 is 0 Å². The van der Waals surface area contributed by atoms with E-state index in [0.717, 1.165) is 16.9 Å². The van der Waals surface area contributed by atoms with Crippen LogP contribution in [-0.2, 0) is 4.74 Å². The Morgan fingerprint density at radius 2 is 2.24 bits per heavy atom. The van der Waals surface area contributed by atoms with Gasteiger partial charge >= 0.3 is 5.97 Å². The van der Waals surface area contributed by atoms with Crippen molar-refractivity contribution in [3.05, 3.63) is 59.4 Å². The van der Waals surface area contributed by atoms with Crippen molar-refractivity contribution in [1.29, 1.82) is 0 Å². The molecule has 0 saturated heterocycles. The molecular formula is C20H20N2O3. The summed E-state index contributed by atoms with van der Waals surface area (Å²) in [5.74, 6) is 1.28. The first-order valence-electron chi connectivity index (χ1n) is 8.48. The van der Waals surface area contributed by atoms with Gasteiger partial charge in [-0.3, -0.25) is 4.98 Å². The van der Waals surface area contributed by atoms with Crippen LogP contribution in [0.4, 0.5) is 5.69 Å². The fraction of sp³-hybridized carbons (Fsp3) is 0.300. The van der Waals surface area contributed by atoms with Gasteiger partial charge in [0.2, 0.25) is 0 Å². The summed E-state index contributed by atoms with van der Waals surface area (Å²) in [5.41, 5.74) is 4.77. The van der Waals surface area contributed by atoms with Crippen LogP contribution in [0.2, 0.25) is 0 Å². The highest BCUT2D eigenvalue weighted by Crippen LogP contribution is 2.43. The zero-order valence-corrected chi connectivity index (χ0v) is 14.1. The number of methoxy groups -OCH3 is 1. The molecule has 2 heterocycles. The monoisotopic (exact) mass is 336 g/mol. The molecule has 0 amide bonds. The number of fused-ring (bicyclic) bond motifs is 1. The number of aromatic nitrogens is 1. The fourth-order valence-electron chi connectivity index (χ4n) is 3.12. The molecule has 0 spiro atoms. The lowest BCUT2D eigenvalue weighted by Gasteiger charge is -2.20. The number of anilines is 1. The Kier molecular flexibility index (Phi) is 4.14. The summed E-state index contributed by atoms with van der Waals surface area (Å²) in [7, 11) is 1.38. The maximum atomic E-state index is 11.9. The molecular weight excluding hydrogens is 316 g/mol. The topological polar surface area (TPSA) is 60.5 Å². The smallest absolute Gasteiger partial charge is 0.340 e. The van der Waals surface area contributed by atoms with E-state index in [-0.39, 0.29) is 5.97 Å². The van der Waals surface area contributed by atoms with Gasteiger partial charge < -0.3 is 14.8 Å². The van der Waals surface area contributed by atoms with Crippen molar-refractivity contribution >= 4 is 17.2 Å². The Hall–Kier alpha value is -2.82. The third-order valence-corrected chi connectivity index (χ3v) is 4.66. The molecule has 1 fully saturated rings. The van der Waals surface area contributed by atoms with Crippen LogP contribution in [-0.4, -0.2) is 31.2 Å². The number of esters is 1. The second-order valence-electron chi connectivity index (χ2n) is 6.34. The average molecular weight is 336 g/mol. The van der Waals surface area contributed by atoms with Crippen LogP contribution in [0.5, 0.6) is 5.75 Å². The molecule has 25 heavy (non-hydrogen) atoms. The first-order valence-corrected chi connectivity index (χ1v) is 8.48. The van der Waals surface area contributed by atoms with Gasteiger partial charge in [0.1, 0.15) is 12.4 Å². The SMILES string of the molecule is COC(=O)c1ccncc1NCC1=CCOc2cc(C3CC3)ccc21. The number of hydrogen-bond acceptors (Lipinski definition) is 5. The van der Waals surface area contributed by atoms with Gasteiger partial charge in [0, 0.05) is 18.3 Å². The van der Waals surface area contributed by atoms with Crippen molar-refractivity contribution < 1.29 is 14.3 Å². The van der Waals surface area contributed by atoms with Crippen molar-refractivity contribution in [1.82, 2.24) is 4.98 Å². The van der Waals surface area contributed by atoms with Crippen LogP contribution in [0.1, 0.15) is 40.2 Å². The number of ether oxygens (including phenoxy) is 2. The van der Waals surface area contributed by atoms with Crippen molar-refractivity contribution in [3.8, 4) is 5.75 Å². The standard InChI is InChI=1S/C20H20N2O3/c1-24-20(23)17-6-8-21-12-18(17)22-11-15-7-9-25-19-10-14(13-2-3-13)4-5-16(15)19/h4-8,10,12-13,22H,2-3,9,11H2,1H3. The van der Waals surface area contributed by atoms with Crippen molar-refractivity contribution in [2.45, 2.75) is 18.8 Å². The summed E-state index contributed by atoms with van der Waals surface area (Å²) < 4.78 is 10.6. The highest BCUT2D eigenvalue weighted by Gasteiger charge is 2.25. The van der Waals surface area contributed by atoms with Gasteiger partial charge in [0.15, 0.2) is 0 Å². The van der Waals surface area contributed by atoms with Gasteiger partial charge in [0.25, 0.3) is 0 Å². The predicted molar refractivity (Wildman–Crippen MR) is 96.0 cm³/mol. The zero-order valence-electron chi connectivity index (χ0n) is 14.1. The molecule has 1 aliphatic carbocycles. The van der Waals surface area contributed by atoms with Crippen LogP contribution in [0.15, 0.2) is 42.7 Å². The Morgan fingerprint density at radius 1 is 1.36 bits per heavy atom. The van der Waals surface area contributed by atoms with Crippen LogP contribution >= 0.6 is 0 Å². The molecule has 128 valence electrons. The first-order chi connectivity index (χ1) is 12.3. The molecule has 1 aromatic carbocycles. The maximum absolute atomic E-state index is 11.9. The van der Waals surface area contributed by atoms with E-state index in [9.17, 15) is 4.79 Å². The zero-order chi connectivity index (χ0) is 17.2. The molecule has 4 rings (SSSR count). The molecule has 5 nitrogen and oxygen atoms in total. The minimum absolute atomic E-state index is 0.375. The molecule has 1 saturated carbocycles. The number of hydrogen-bond donors (Lipinski definition) is 1. The van der Waals surface area contributed by atoms with E-state index in [0.29, 0.717) is 30.3 Å². The van der Waals surface area contributed by atoms with E-state index in [1.165, 1.54) is 25.5 Å². The van der Waals surface area contributed by atoms with Gasteiger partial charge in [-0.2, -0.15) is 0 Å². The highest BCUT2D eigenvalue weighted by molar-refractivity contribution is 5.95. The van der Waals surface area contributed by atoms with Crippen LogP contribution in [0.3, 0.4) is 0 Å². The largest absolute Gasteiger partial charge is 0.489 e. The van der Waals surface area contributed by atoms with Gasteiger partial charge in [0.05, 0.1) is 24.6 Å². The van der Waals surface area contributed by atoms with E-state index >= 15 is 0 Å². The van der Waals surface area contributed by atoms with Gasteiger partial charge in [-0.25, -0.2) is 4.79 Å². The summed E-state index contributed by atoms with van der Waals surface area (Å²) in [5, 5.41) is 3.30. The fourth-order valence-corrected chi connectivity index (χ4v) is 3.12. The molecule has 2 aromatic rings. The van der Waals surface area contributed by atoms with E-state index in [1.54, 1.807) is 18.5 Å². The molecule has 0 radical (unpaired) electrons. The Morgan fingerprint density at radius 3 is 3.04 bits per heavy atom. The number of carbonyl (C=O) groups is 1. The van der Waals surface area contributed by atoms with Gasteiger partial charge in [-0.15, -0.1) is 0 Å². The van der Waals surface area contributed by atoms with Crippen LogP contribution in [0, 0.1) is 0 Å². The molecule has 0 atom stereocenters. The Bertz CT molecular complexity index is 841. The van der Waals surface area contributed by atoms with E-state index in [2.05, 4.69) is 34.6 Å². The molecule has 5 heteroatoms. The predicted octanol–water partition coefficient (Wildman–Crippen LogP) is 3.63. The third kappa shape index (κ3) is 3.22. The number of nitrogens with zero attached hydrogens (tertiary/aromatic N) is 1.